The molecule has 14 nitrogen and oxygen atoms in total. The van der Waals surface area contributed by atoms with Crippen molar-refractivity contribution in [2.75, 3.05) is 21.3 Å². The van der Waals surface area contributed by atoms with Gasteiger partial charge in [0.15, 0.2) is 23.0 Å². The number of phenols is 2. The van der Waals surface area contributed by atoms with E-state index in [1.54, 1.807) is 0 Å². The van der Waals surface area contributed by atoms with Crippen molar-refractivity contribution < 1.29 is 166 Å². The Morgan fingerprint density at radius 3 is 1.12 bits per heavy atom. The molecule has 0 atom stereocenters. The molecule has 0 saturated heterocycles. The molecule has 3 aromatic rings. The molecule has 3 aromatic carbocycles. The van der Waals surface area contributed by atoms with Crippen molar-refractivity contribution in [3.8, 4) is 28.7 Å². The van der Waals surface area contributed by atoms with E-state index in [4.69, 9.17) is 19.5 Å². The number of aromatic hydroxyl groups is 2. The fourth-order valence-corrected chi connectivity index (χ4v) is 3.86. The van der Waals surface area contributed by atoms with Crippen molar-refractivity contribution in [3.63, 3.8) is 0 Å². The van der Waals surface area contributed by atoms with Crippen LogP contribution in [0.1, 0.15) is 0 Å². The first kappa shape index (κ1) is 41.8. The Hall–Kier alpha value is -0.337. The van der Waals surface area contributed by atoms with Crippen LogP contribution in [0, 0.1) is 0 Å². The van der Waals surface area contributed by atoms with Crippen LogP contribution in [0.5, 0.6) is 28.7 Å². The molecule has 3 rings (SSSR count). The minimum absolute atomic E-state index is 0. The zero-order valence-corrected chi connectivity index (χ0v) is 30.5. The molecule has 40 heavy (non-hydrogen) atoms. The molecule has 0 bridgehead atoms. The van der Waals surface area contributed by atoms with Gasteiger partial charge in [0.1, 0.15) is 26.0 Å². The summed E-state index contributed by atoms with van der Waals surface area (Å²) in [7, 11) is -9.00. The summed E-state index contributed by atoms with van der Waals surface area (Å²) in [5.74, 6) is 0.0288. The summed E-state index contributed by atoms with van der Waals surface area (Å²) in [4.78, 5) is -1.10. The zero-order valence-electron chi connectivity index (χ0n) is 21.8. The van der Waals surface area contributed by atoms with Crippen molar-refractivity contribution in [2.45, 2.75) is 14.7 Å². The molecule has 0 unspecified atom stereocenters. The largest absolute Gasteiger partial charge is 1.00 e. The maximum atomic E-state index is 10.5. The predicted molar refractivity (Wildman–Crippen MR) is 128 cm³/mol. The van der Waals surface area contributed by atoms with Gasteiger partial charge >= 0.3 is 103 Å². The number of phenolic OH excluding ortho intramolecular Hbond substituents is 2. The molecule has 0 amide bonds. The summed E-state index contributed by atoms with van der Waals surface area (Å²) >= 11 is 0. The first-order valence-electron chi connectivity index (χ1n) is 9.71. The average molecular weight is 673 g/mol. The van der Waals surface area contributed by atoms with E-state index in [1.165, 1.54) is 57.7 Å². The van der Waals surface area contributed by atoms with Gasteiger partial charge in [-0.05, 0) is 48.5 Å². The Labute approximate surface area is 316 Å². The normalized spacial score (nSPS) is 10.7. The first-order valence-corrected chi connectivity index (χ1v) is 14.0. The van der Waals surface area contributed by atoms with Crippen LogP contribution >= 0.6 is 0 Å². The number of benzene rings is 3. The number of hydrogen-bond acceptors (Lipinski definition) is 13. The topological polar surface area (TPSA) is 237 Å². The van der Waals surface area contributed by atoms with Gasteiger partial charge < -0.3 is 33.5 Å². The Bertz CT molecular complexity index is 1480. The van der Waals surface area contributed by atoms with Gasteiger partial charge in [-0.25, -0.2) is 16.8 Å². The molecular formula is C21H22K2O14S3. The standard InChI is InChI=1S/2C7H8O5S.C7H8O4S.2K/c2*1-12-7-3-2-5(4-6(7)8)13(9,10)11;1-11-6-2-4-7(5-3-6)12(8,9)10;;/h2*2-4,8H,1H3,(H,9,10,11);2-5H,1H3,(H,8,9,10);;/q;;;2*+1/p-2. The molecule has 0 radical (unpaired) electrons. The Morgan fingerprint density at radius 2 is 0.900 bits per heavy atom. The summed E-state index contributed by atoms with van der Waals surface area (Å²) in [6.07, 6.45) is 0. The van der Waals surface area contributed by atoms with Crippen molar-refractivity contribution in [1.29, 1.82) is 0 Å². The minimum atomic E-state index is -4.52. The van der Waals surface area contributed by atoms with Crippen molar-refractivity contribution in [3.05, 3.63) is 60.7 Å². The van der Waals surface area contributed by atoms with Crippen LogP contribution < -0.4 is 117 Å². The third-order valence-corrected chi connectivity index (χ3v) is 6.77. The molecule has 210 valence electrons. The quantitative estimate of drug-likeness (QED) is 0.166. The average Bonchev–Trinajstić information content (AvgIpc) is 2.83. The van der Waals surface area contributed by atoms with Gasteiger partial charge in [-0.15, -0.1) is 0 Å². The summed E-state index contributed by atoms with van der Waals surface area (Å²) in [5.41, 5.74) is 0. The van der Waals surface area contributed by atoms with Crippen LogP contribution in [0.4, 0.5) is 0 Å². The monoisotopic (exact) mass is 672 g/mol. The number of rotatable bonds is 6. The van der Waals surface area contributed by atoms with E-state index in [-0.39, 0.29) is 131 Å². The first-order chi connectivity index (χ1) is 17.4. The van der Waals surface area contributed by atoms with Gasteiger partial charge in [0.25, 0.3) is 10.1 Å². The van der Waals surface area contributed by atoms with Gasteiger partial charge in [0, 0.05) is 12.1 Å². The van der Waals surface area contributed by atoms with E-state index in [0.717, 1.165) is 24.3 Å². The van der Waals surface area contributed by atoms with Crippen LogP contribution in [0.25, 0.3) is 0 Å². The third-order valence-electron chi connectivity index (χ3n) is 4.24. The molecule has 19 heteroatoms. The predicted octanol–water partition coefficient (Wildman–Crippen LogP) is -4.44. The van der Waals surface area contributed by atoms with Gasteiger partial charge in [-0.3, -0.25) is 4.55 Å². The van der Waals surface area contributed by atoms with Crippen LogP contribution in [-0.4, -0.2) is 70.5 Å². The molecule has 0 saturated carbocycles. The van der Waals surface area contributed by atoms with Crippen LogP contribution in [0.3, 0.4) is 0 Å². The van der Waals surface area contributed by atoms with Gasteiger partial charge in [-0.2, -0.15) is 8.42 Å². The maximum absolute atomic E-state index is 10.5. The second-order valence-electron chi connectivity index (χ2n) is 6.73. The molecule has 0 aliphatic carbocycles. The van der Waals surface area contributed by atoms with Gasteiger partial charge in [-0.1, -0.05) is 0 Å². The fourth-order valence-electron chi connectivity index (χ4n) is 2.40. The van der Waals surface area contributed by atoms with Crippen molar-refractivity contribution in [1.82, 2.24) is 0 Å². The molecule has 0 fully saturated rings. The summed E-state index contributed by atoms with van der Waals surface area (Å²) in [6.45, 7) is 0. The molecule has 0 aliphatic heterocycles. The number of methoxy groups -OCH3 is 3. The molecule has 0 spiro atoms. The smallest absolute Gasteiger partial charge is 0.744 e. The van der Waals surface area contributed by atoms with Gasteiger partial charge in [0.05, 0.1) is 36.0 Å². The van der Waals surface area contributed by atoms with Crippen LogP contribution in [0.2, 0.25) is 0 Å². The molecule has 0 aliphatic rings. The van der Waals surface area contributed by atoms with Crippen molar-refractivity contribution >= 4 is 30.4 Å². The molecule has 0 heterocycles. The summed E-state index contributed by atoms with van der Waals surface area (Å²) in [6, 6.07) is 11.7. The molecular weight excluding hydrogens is 651 g/mol. The van der Waals surface area contributed by atoms with Crippen LogP contribution in [-0.2, 0) is 30.4 Å². The van der Waals surface area contributed by atoms with E-state index >= 15 is 0 Å². The fraction of sp³-hybridized carbons (Fsp3) is 0.143. The summed E-state index contributed by atoms with van der Waals surface area (Å²) < 4.78 is 107. The van der Waals surface area contributed by atoms with E-state index < -0.39 is 40.1 Å². The Morgan fingerprint density at radius 1 is 0.575 bits per heavy atom. The molecule has 3 N–H and O–H groups in total. The van der Waals surface area contributed by atoms with E-state index in [1.807, 2.05) is 0 Å². The second kappa shape index (κ2) is 18.4. The van der Waals surface area contributed by atoms with Gasteiger partial charge in [0.2, 0.25) is 0 Å². The van der Waals surface area contributed by atoms with Crippen LogP contribution in [0.15, 0.2) is 75.4 Å². The third kappa shape index (κ3) is 14.2. The minimum Gasteiger partial charge on any atom is -0.744 e. The van der Waals surface area contributed by atoms with E-state index in [9.17, 15) is 34.4 Å². The van der Waals surface area contributed by atoms with E-state index in [2.05, 4.69) is 9.47 Å². The molecule has 0 aromatic heterocycles. The number of hydrogen-bond donors (Lipinski definition) is 3. The SMILES string of the molecule is COc1ccc(S(=O)(=O)O)cc1.COc1ccc(S(=O)(=O)[O-])cc1O.COc1ccc(S(=O)(=O)[O-])cc1O.[K+].[K+]. The van der Waals surface area contributed by atoms with E-state index in [0.29, 0.717) is 5.75 Å². The Balaban J connectivity index is 0. The number of ether oxygens (including phenoxy) is 3. The maximum Gasteiger partial charge on any atom is 1.00 e. The Kier molecular flexibility index (Phi) is 19.2. The summed E-state index contributed by atoms with van der Waals surface area (Å²) in [5, 5.41) is 18.3. The van der Waals surface area contributed by atoms with Crippen molar-refractivity contribution in [2.24, 2.45) is 0 Å². The second-order valence-corrected chi connectivity index (χ2v) is 10.9. The zero-order chi connectivity index (χ0) is 29.3.